The molecule has 28 heavy (non-hydrogen) atoms. The summed E-state index contributed by atoms with van der Waals surface area (Å²) in [4.78, 5) is 26.9. The molecule has 1 aromatic carbocycles. The minimum atomic E-state index is -0.798. The first-order valence-electron chi connectivity index (χ1n) is 9.24. The van der Waals surface area contributed by atoms with Gasteiger partial charge in [0.25, 0.3) is 11.7 Å². The molecule has 1 amide bonds. The van der Waals surface area contributed by atoms with Crippen LogP contribution in [-0.2, 0) is 9.59 Å². The molecule has 7 heteroatoms. The van der Waals surface area contributed by atoms with E-state index in [1.807, 2.05) is 13.8 Å². The maximum absolute atomic E-state index is 12.8. The number of halogens is 1. The molecule has 1 aliphatic rings. The molecule has 6 nitrogen and oxygen atoms in total. The van der Waals surface area contributed by atoms with E-state index in [4.69, 9.17) is 20.8 Å². The predicted molar refractivity (Wildman–Crippen MR) is 105 cm³/mol. The van der Waals surface area contributed by atoms with Crippen LogP contribution in [0.3, 0.4) is 0 Å². The van der Waals surface area contributed by atoms with Gasteiger partial charge in [0.2, 0.25) is 0 Å². The average molecular weight is 404 g/mol. The summed E-state index contributed by atoms with van der Waals surface area (Å²) in [6.45, 7) is 4.66. The minimum absolute atomic E-state index is 0.0356. The topological polar surface area (TPSA) is 80.0 Å². The number of hydrogen-bond donors (Lipinski definition) is 1. The average Bonchev–Trinajstić information content (AvgIpc) is 3.29. The van der Waals surface area contributed by atoms with Gasteiger partial charge in [0.15, 0.2) is 0 Å². The Morgan fingerprint density at radius 1 is 1.29 bits per heavy atom. The van der Waals surface area contributed by atoms with Crippen LogP contribution in [0, 0.1) is 0 Å². The molecular formula is C21H22ClNO5. The van der Waals surface area contributed by atoms with Crippen LogP contribution in [0.25, 0.3) is 5.76 Å². The highest BCUT2D eigenvalue weighted by atomic mass is 35.5. The highest BCUT2D eigenvalue weighted by Crippen LogP contribution is 2.41. The lowest BCUT2D eigenvalue weighted by atomic mass is 9.99. The fraction of sp³-hybridized carbons (Fsp3) is 0.333. The number of benzene rings is 1. The second kappa shape index (κ2) is 8.52. The first-order chi connectivity index (χ1) is 13.5. The number of Topliss-reactive ketones (excluding diaryl/α,β-unsaturated/α-hetero) is 1. The van der Waals surface area contributed by atoms with E-state index in [1.54, 1.807) is 30.3 Å². The third-order valence-corrected chi connectivity index (χ3v) is 4.94. The molecule has 0 radical (unpaired) electrons. The van der Waals surface area contributed by atoms with Gasteiger partial charge in [-0.15, -0.1) is 0 Å². The van der Waals surface area contributed by atoms with E-state index in [0.717, 1.165) is 12.8 Å². The van der Waals surface area contributed by atoms with Crippen LogP contribution in [0.4, 0.5) is 0 Å². The highest BCUT2D eigenvalue weighted by Gasteiger charge is 2.47. The first kappa shape index (κ1) is 20.0. The molecule has 1 unspecified atom stereocenters. The second-order valence-electron chi connectivity index (χ2n) is 6.44. The summed E-state index contributed by atoms with van der Waals surface area (Å²) in [5.74, 6) is -0.844. The van der Waals surface area contributed by atoms with Gasteiger partial charge in [0, 0.05) is 12.1 Å². The van der Waals surface area contributed by atoms with Gasteiger partial charge >= 0.3 is 0 Å². The van der Waals surface area contributed by atoms with Crippen molar-refractivity contribution in [2.24, 2.45) is 0 Å². The SMILES string of the molecule is CCCCN1C(=O)C(=O)/C(=C(\O)c2cc(OCC)ccc2Cl)C1c1ccco1. The summed E-state index contributed by atoms with van der Waals surface area (Å²) >= 11 is 6.26. The molecule has 2 aromatic rings. The predicted octanol–water partition coefficient (Wildman–Crippen LogP) is 4.55. The number of rotatable bonds is 7. The van der Waals surface area contributed by atoms with E-state index in [9.17, 15) is 14.7 Å². The van der Waals surface area contributed by atoms with E-state index >= 15 is 0 Å². The van der Waals surface area contributed by atoms with Gasteiger partial charge in [0.05, 0.1) is 23.5 Å². The molecule has 1 aromatic heterocycles. The van der Waals surface area contributed by atoms with E-state index in [0.29, 0.717) is 24.7 Å². The molecule has 1 N–H and O–H groups in total. The Kier molecular flexibility index (Phi) is 6.09. The van der Waals surface area contributed by atoms with Gasteiger partial charge in [-0.25, -0.2) is 0 Å². The number of aliphatic hydroxyl groups is 1. The lowest BCUT2D eigenvalue weighted by Crippen LogP contribution is -2.30. The van der Waals surface area contributed by atoms with Gasteiger partial charge in [-0.3, -0.25) is 9.59 Å². The van der Waals surface area contributed by atoms with Gasteiger partial charge in [-0.2, -0.15) is 0 Å². The number of ether oxygens (including phenoxy) is 1. The Hall–Kier alpha value is -2.73. The zero-order chi connectivity index (χ0) is 20.3. The summed E-state index contributed by atoms with van der Waals surface area (Å²) in [7, 11) is 0. The summed E-state index contributed by atoms with van der Waals surface area (Å²) in [6.07, 6.45) is 3.05. The number of amides is 1. The molecule has 0 bridgehead atoms. The molecule has 1 atom stereocenters. The summed E-state index contributed by atoms with van der Waals surface area (Å²) in [6, 6.07) is 7.37. The Labute approximate surface area is 168 Å². The van der Waals surface area contributed by atoms with Crippen molar-refractivity contribution in [2.45, 2.75) is 32.7 Å². The van der Waals surface area contributed by atoms with E-state index in [2.05, 4.69) is 0 Å². The maximum atomic E-state index is 12.8. The lowest BCUT2D eigenvalue weighted by molar-refractivity contribution is -0.140. The first-order valence-corrected chi connectivity index (χ1v) is 9.61. The number of aliphatic hydroxyl groups excluding tert-OH is 1. The Bertz CT molecular complexity index is 904. The fourth-order valence-electron chi connectivity index (χ4n) is 3.27. The number of likely N-dealkylation sites (tertiary alicyclic amines) is 1. The van der Waals surface area contributed by atoms with Crippen molar-refractivity contribution in [1.29, 1.82) is 0 Å². The largest absolute Gasteiger partial charge is 0.507 e. The van der Waals surface area contributed by atoms with Crippen molar-refractivity contribution in [3.8, 4) is 5.75 Å². The summed E-state index contributed by atoms with van der Waals surface area (Å²) in [5, 5.41) is 11.2. The molecule has 0 spiro atoms. The number of ketones is 1. The van der Waals surface area contributed by atoms with Crippen molar-refractivity contribution in [2.75, 3.05) is 13.2 Å². The zero-order valence-electron chi connectivity index (χ0n) is 15.8. The van der Waals surface area contributed by atoms with Crippen LogP contribution in [0.1, 0.15) is 44.1 Å². The van der Waals surface area contributed by atoms with E-state index in [-0.39, 0.29) is 21.9 Å². The number of carbonyl (C=O) groups excluding carboxylic acids is 2. The molecule has 1 aliphatic heterocycles. The van der Waals surface area contributed by atoms with Crippen molar-refractivity contribution >= 4 is 29.1 Å². The number of hydrogen-bond acceptors (Lipinski definition) is 5. The number of unbranched alkanes of at least 4 members (excludes halogenated alkanes) is 1. The van der Waals surface area contributed by atoms with Crippen LogP contribution in [0.2, 0.25) is 5.02 Å². The third kappa shape index (κ3) is 3.64. The minimum Gasteiger partial charge on any atom is -0.507 e. The van der Waals surface area contributed by atoms with Crippen LogP contribution in [0.15, 0.2) is 46.6 Å². The maximum Gasteiger partial charge on any atom is 0.295 e. The van der Waals surface area contributed by atoms with Crippen LogP contribution >= 0.6 is 11.6 Å². The molecule has 1 fully saturated rings. The normalized spacial score (nSPS) is 18.7. The number of nitrogens with zero attached hydrogens (tertiary/aromatic N) is 1. The molecule has 0 aliphatic carbocycles. The van der Waals surface area contributed by atoms with Gasteiger partial charge in [-0.05, 0) is 43.7 Å². The Morgan fingerprint density at radius 2 is 2.07 bits per heavy atom. The molecule has 1 saturated heterocycles. The Morgan fingerprint density at radius 3 is 2.71 bits per heavy atom. The summed E-state index contributed by atoms with van der Waals surface area (Å²) < 4.78 is 10.9. The van der Waals surface area contributed by atoms with Gasteiger partial charge in [0.1, 0.15) is 23.3 Å². The van der Waals surface area contributed by atoms with Crippen LogP contribution in [-0.4, -0.2) is 34.8 Å². The molecule has 3 rings (SSSR count). The molecule has 0 saturated carbocycles. The van der Waals surface area contributed by atoms with E-state index < -0.39 is 17.7 Å². The third-order valence-electron chi connectivity index (χ3n) is 4.61. The number of furan rings is 1. The Balaban J connectivity index is 2.15. The molecule has 148 valence electrons. The number of carbonyl (C=O) groups is 2. The van der Waals surface area contributed by atoms with Crippen LogP contribution in [0.5, 0.6) is 5.75 Å². The second-order valence-corrected chi connectivity index (χ2v) is 6.84. The van der Waals surface area contributed by atoms with Crippen molar-refractivity contribution in [3.05, 3.63) is 58.5 Å². The monoisotopic (exact) mass is 403 g/mol. The van der Waals surface area contributed by atoms with Crippen LogP contribution < -0.4 is 4.74 Å². The quantitative estimate of drug-likeness (QED) is 0.416. The van der Waals surface area contributed by atoms with Crippen molar-refractivity contribution in [3.63, 3.8) is 0 Å². The highest BCUT2D eigenvalue weighted by molar-refractivity contribution is 6.46. The molecular weight excluding hydrogens is 382 g/mol. The van der Waals surface area contributed by atoms with Crippen molar-refractivity contribution in [1.82, 2.24) is 4.90 Å². The summed E-state index contributed by atoms with van der Waals surface area (Å²) in [5.41, 5.74) is 0.198. The standard InChI is InChI=1S/C21H22ClNO5/c1-3-5-10-23-18(16-7-6-11-28-16)17(20(25)21(23)26)19(24)14-12-13(27-4-2)8-9-15(14)22/h6-9,11-12,18,24H,3-5,10H2,1-2H3/b19-17-. The smallest absolute Gasteiger partial charge is 0.295 e. The molecule has 2 heterocycles. The zero-order valence-corrected chi connectivity index (χ0v) is 16.5. The fourth-order valence-corrected chi connectivity index (χ4v) is 3.48. The van der Waals surface area contributed by atoms with Gasteiger partial charge in [-0.1, -0.05) is 24.9 Å². The van der Waals surface area contributed by atoms with Gasteiger partial charge < -0.3 is 19.2 Å². The van der Waals surface area contributed by atoms with Crippen molar-refractivity contribution < 1.29 is 23.8 Å². The lowest BCUT2D eigenvalue weighted by Gasteiger charge is -2.23. The van der Waals surface area contributed by atoms with E-state index in [1.165, 1.54) is 11.2 Å².